The van der Waals surface area contributed by atoms with E-state index in [4.69, 9.17) is 10.7 Å². The lowest BCUT2D eigenvalue weighted by atomic mass is 9.83. The molecule has 1 aromatic carbocycles. The Morgan fingerprint density at radius 2 is 1.89 bits per heavy atom. The van der Waals surface area contributed by atoms with Gasteiger partial charge >= 0.3 is 0 Å². The quantitative estimate of drug-likeness (QED) is 0.850. The molecule has 1 amide bonds. The second-order valence-electron chi connectivity index (χ2n) is 4.80. The number of amides is 1. The monoisotopic (exact) mass is 301 g/mol. The zero-order chi connectivity index (χ0) is 13.9. The Balaban J connectivity index is 1.88. The first-order valence-electron chi connectivity index (χ1n) is 6.30. The van der Waals surface area contributed by atoms with E-state index in [0.717, 1.165) is 12.3 Å². The van der Waals surface area contributed by atoms with Gasteiger partial charge in [0.25, 0.3) is 15.0 Å². The molecule has 2 rings (SSSR count). The molecule has 1 fully saturated rings. The zero-order valence-electron chi connectivity index (χ0n) is 10.4. The fourth-order valence-electron chi connectivity index (χ4n) is 2.04. The predicted octanol–water partition coefficient (Wildman–Crippen LogP) is 2.53. The number of halogens is 1. The first-order valence-corrected chi connectivity index (χ1v) is 8.60. The molecule has 1 aliphatic carbocycles. The van der Waals surface area contributed by atoms with Gasteiger partial charge in [-0.3, -0.25) is 4.79 Å². The van der Waals surface area contributed by atoms with E-state index in [1.807, 2.05) is 0 Å². The number of nitrogens with one attached hydrogen (secondary N) is 1. The largest absolute Gasteiger partial charge is 0.352 e. The van der Waals surface area contributed by atoms with Gasteiger partial charge in [0.2, 0.25) is 0 Å². The molecule has 0 spiro atoms. The Morgan fingerprint density at radius 1 is 1.26 bits per heavy atom. The standard InChI is InChI=1S/C13H16ClNO3S/c14-19(17,18)12-6-4-11(5-7-12)13(16)15-9-8-10-2-1-3-10/h4-7,10H,1-3,8-9H2,(H,15,16). The van der Waals surface area contributed by atoms with Crippen LogP contribution in [0.3, 0.4) is 0 Å². The molecule has 1 N–H and O–H groups in total. The maximum absolute atomic E-state index is 11.8. The van der Waals surface area contributed by atoms with Crippen LogP contribution in [0.2, 0.25) is 0 Å². The molecule has 0 bridgehead atoms. The Kier molecular flexibility index (Phi) is 4.47. The fraction of sp³-hybridized carbons (Fsp3) is 0.462. The van der Waals surface area contributed by atoms with Crippen LogP contribution in [0.5, 0.6) is 0 Å². The second kappa shape index (κ2) is 5.92. The van der Waals surface area contributed by atoms with Crippen molar-refractivity contribution < 1.29 is 13.2 Å². The first kappa shape index (κ1) is 14.3. The van der Waals surface area contributed by atoms with Gasteiger partial charge in [0, 0.05) is 22.8 Å². The number of hydrogen-bond acceptors (Lipinski definition) is 3. The molecule has 0 aliphatic heterocycles. The number of carbonyl (C=O) groups is 1. The summed E-state index contributed by atoms with van der Waals surface area (Å²) in [7, 11) is 1.47. The van der Waals surface area contributed by atoms with Crippen LogP contribution in [-0.4, -0.2) is 20.9 Å². The molecule has 1 aliphatic rings. The van der Waals surface area contributed by atoms with Crippen LogP contribution in [0.1, 0.15) is 36.0 Å². The van der Waals surface area contributed by atoms with E-state index >= 15 is 0 Å². The third-order valence-corrected chi connectivity index (χ3v) is 4.83. The minimum atomic E-state index is -3.73. The van der Waals surface area contributed by atoms with Crippen LogP contribution in [0.25, 0.3) is 0 Å². The van der Waals surface area contributed by atoms with Crippen molar-refractivity contribution in [2.24, 2.45) is 5.92 Å². The second-order valence-corrected chi connectivity index (χ2v) is 7.37. The molecule has 0 atom stereocenters. The summed E-state index contributed by atoms with van der Waals surface area (Å²) in [5.41, 5.74) is 0.442. The van der Waals surface area contributed by atoms with Crippen LogP contribution in [-0.2, 0) is 9.05 Å². The van der Waals surface area contributed by atoms with Crippen molar-refractivity contribution in [3.05, 3.63) is 29.8 Å². The third kappa shape index (κ3) is 3.94. The maximum Gasteiger partial charge on any atom is 0.261 e. The molecule has 1 aromatic rings. The molecule has 104 valence electrons. The van der Waals surface area contributed by atoms with Gasteiger partial charge < -0.3 is 5.32 Å². The van der Waals surface area contributed by atoms with Gasteiger partial charge in [0.15, 0.2) is 0 Å². The Labute approximate surface area is 117 Å². The highest BCUT2D eigenvalue weighted by Gasteiger charge is 2.17. The molecule has 0 aromatic heterocycles. The van der Waals surface area contributed by atoms with Crippen LogP contribution in [0, 0.1) is 5.92 Å². The minimum Gasteiger partial charge on any atom is -0.352 e. The summed E-state index contributed by atoms with van der Waals surface area (Å²) in [6.07, 6.45) is 4.84. The van der Waals surface area contributed by atoms with Gasteiger partial charge in [-0.25, -0.2) is 8.42 Å². The lowest BCUT2D eigenvalue weighted by Crippen LogP contribution is -2.27. The van der Waals surface area contributed by atoms with E-state index in [1.165, 1.54) is 43.5 Å². The fourth-order valence-corrected chi connectivity index (χ4v) is 2.81. The molecule has 0 saturated heterocycles. The van der Waals surface area contributed by atoms with E-state index in [9.17, 15) is 13.2 Å². The SMILES string of the molecule is O=C(NCCC1CCC1)c1ccc(S(=O)(=O)Cl)cc1. The summed E-state index contributed by atoms with van der Waals surface area (Å²) < 4.78 is 22.1. The average molecular weight is 302 g/mol. The first-order chi connectivity index (χ1) is 8.97. The number of benzene rings is 1. The molecular weight excluding hydrogens is 286 g/mol. The van der Waals surface area contributed by atoms with Crippen molar-refractivity contribution in [3.63, 3.8) is 0 Å². The van der Waals surface area contributed by atoms with E-state index < -0.39 is 9.05 Å². The van der Waals surface area contributed by atoms with E-state index in [2.05, 4.69) is 5.32 Å². The van der Waals surface area contributed by atoms with Crippen LogP contribution >= 0.6 is 10.7 Å². The molecule has 1 saturated carbocycles. The predicted molar refractivity (Wildman–Crippen MR) is 73.8 cm³/mol. The highest BCUT2D eigenvalue weighted by molar-refractivity contribution is 8.13. The van der Waals surface area contributed by atoms with Crippen molar-refractivity contribution >= 4 is 25.6 Å². The van der Waals surface area contributed by atoms with Crippen molar-refractivity contribution in [1.82, 2.24) is 5.32 Å². The Bertz CT molecular complexity index is 550. The molecule has 0 radical (unpaired) electrons. The summed E-state index contributed by atoms with van der Waals surface area (Å²) >= 11 is 0. The Morgan fingerprint density at radius 3 is 2.37 bits per heavy atom. The van der Waals surface area contributed by atoms with Gasteiger partial charge in [-0.15, -0.1) is 0 Å². The number of rotatable bonds is 5. The summed E-state index contributed by atoms with van der Waals surface area (Å²) in [4.78, 5) is 11.8. The molecule has 0 heterocycles. The highest BCUT2D eigenvalue weighted by Crippen LogP contribution is 2.28. The summed E-state index contributed by atoms with van der Waals surface area (Å²) in [6, 6.07) is 5.61. The van der Waals surface area contributed by atoms with E-state index in [0.29, 0.717) is 12.1 Å². The molecule has 6 heteroatoms. The van der Waals surface area contributed by atoms with Crippen molar-refractivity contribution in [1.29, 1.82) is 0 Å². The molecule has 19 heavy (non-hydrogen) atoms. The smallest absolute Gasteiger partial charge is 0.261 e. The molecule has 0 unspecified atom stereocenters. The van der Waals surface area contributed by atoms with Crippen molar-refractivity contribution in [2.45, 2.75) is 30.6 Å². The summed E-state index contributed by atoms with van der Waals surface area (Å²) in [6.45, 7) is 0.666. The third-order valence-electron chi connectivity index (χ3n) is 3.46. The maximum atomic E-state index is 11.8. The van der Waals surface area contributed by atoms with Crippen molar-refractivity contribution in [2.75, 3.05) is 6.54 Å². The van der Waals surface area contributed by atoms with Gasteiger partial charge in [-0.1, -0.05) is 19.3 Å². The van der Waals surface area contributed by atoms with Gasteiger partial charge in [0.1, 0.15) is 0 Å². The number of hydrogen-bond donors (Lipinski definition) is 1. The van der Waals surface area contributed by atoms with Crippen molar-refractivity contribution in [3.8, 4) is 0 Å². The Hall–Kier alpha value is -1.07. The molecular formula is C13H16ClNO3S. The van der Waals surface area contributed by atoms with E-state index in [-0.39, 0.29) is 10.8 Å². The van der Waals surface area contributed by atoms with Crippen LogP contribution < -0.4 is 5.32 Å². The zero-order valence-corrected chi connectivity index (χ0v) is 12.0. The highest BCUT2D eigenvalue weighted by atomic mass is 35.7. The van der Waals surface area contributed by atoms with Gasteiger partial charge in [-0.2, -0.15) is 0 Å². The number of carbonyl (C=O) groups excluding carboxylic acids is 1. The minimum absolute atomic E-state index is 0.000171. The van der Waals surface area contributed by atoms with Crippen LogP contribution in [0.4, 0.5) is 0 Å². The average Bonchev–Trinajstić information content (AvgIpc) is 2.31. The lowest BCUT2D eigenvalue weighted by molar-refractivity contribution is 0.0949. The summed E-state index contributed by atoms with van der Waals surface area (Å²) in [5, 5.41) is 2.83. The van der Waals surface area contributed by atoms with E-state index in [1.54, 1.807) is 0 Å². The topological polar surface area (TPSA) is 63.2 Å². The van der Waals surface area contributed by atoms with Gasteiger partial charge in [0.05, 0.1) is 4.90 Å². The van der Waals surface area contributed by atoms with Gasteiger partial charge in [-0.05, 0) is 36.6 Å². The normalized spacial score (nSPS) is 15.8. The summed E-state index contributed by atoms with van der Waals surface area (Å²) in [5.74, 6) is 0.571. The lowest BCUT2D eigenvalue weighted by Gasteiger charge is -2.25. The van der Waals surface area contributed by atoms with Crippen LogP contribution in [0.15, 0.2) is 29.2 Å². The molecule has 4 nitrogen and oxygen atoms in total.